The van der Waals surface area contributed by atoms with Gasteiger partial charge in [-0.1, -0.05) is 39.0 Å². The van der Waals surface area contributed by atoms with Crippen LogP contribution in [0.5, 0.6) is 0 Å². The maximum Gasteiger partial charge on any atom is 0.228 e. The van der Waals surface area contributed by atoms with Gasteiger partial charge in [-0.15, -0.1) is 0 Å². The highest BCUT2D eigenvalue weighted by Crippen LogP contribution is 2.67. The molecule has 4 heteroatoms. The van der Waals surface area contributed by atoms with Crippen molar-refractivity contribution >= 4 is 17.5 Å². The van der Waals surface area contributed by atoms with Crippen molar-refractivity contribution in [3.8, 4) is 0 Å². The van der Waals surface area contributed by atoms with Crippen molar-refractivity contribution < 1.29 is 9.59 Å². The first-order chi connectivity index (χ1) is 14.8. The first-order valence-electron chi connectivity index (χ1n) is 12.4. The second-order valence-electron chi connectivity index (χ2n) is 11.6. The van der Waals surface area contributed by atoms with Crippen molar-refractivity contribution in [1.29, 1.82) is 0 Å². The molecule has 1 N–H and O–H groups in total. The summed E-state index contributed by atoms with van der Waals surface area (Å²) in [7, 11) is 2.03. The third kappa shape index (κ3) is 3.08. The molecule has 0 spiro atoms. The molecule has 3 saturated carbocycles. The summed E-state index contributed by atoms with van der Waals surface area (Å²) in [5, 5.41) is 3.21. The van der Waals surface area contributed by atoms with E-state index in [-0.39, 0.29) is 22.7 Å². The fraction of sp³-hybridized carbons (Fsp3) is 0.704. The van der Waals surface area contributed by atoms with Crippen LogP contribution in [0.3, 0.4) is 0 Å². The van der Waals surface area contributed by atoms with Crippen molar-refractivity contribution in [2.75, 3.05) is 12.4 Å². The number of nitrogens with one attached hydrogen (secondary N) is 1. The summed E-state index contributed by atoms with van der Waals surface area (Å²) in [4.78, 5) is 27.9. The molecule has 1 saturated heterocycles. The lowest BCUT2D eigenvalue weighted by Gasteiger charge is -2.63. The lowest BCUT2D eigenvalue weighted by molar-refractivity contribution is -0.167. The molecule has 0 bridgehead atoms. The average Bonchev–Trinajstić information content (AvgIpc) is 3.10. The van der Waals surface area contributed by atoms with Crippen LogP contribution in [-0.2, 0) is 9.59 Å². The third-order valence-corrected chi connectivity index (χ3v) is 10.3. The van der Waals surface area contributed by atoms with Gasteiger partial charge in [-0.3, -0.25) is 9.59 Å². The number of para-hydroxylation sites is 1. The minimum atomic E-state index is 0.0911. The Labute approximate surface area is 187 Å². The highest BCUT2D eigenvalue weighted by atomic mass is 16.2. The smallest absolute Gasteiger partial charge is 0.228 e. The van der Waals surface area contributed by atoms with Crippen LogP contribution < -0.4 is 5.32 Å². The van der Waals surface area contributed by atoms with Gasteiger partial charge in [-0.2, -0.15) is 0 Å². The number of fused-ring (bicyclic) bond motifs is 5. The largest absolute Gasteiger partial charge is 0.342 e. The molecule has 0 unspecified atom stereocenters. The number of carbonyl (C=O) groups is 2. The number of piperidine rings is 1. The quantitative estimate of drug-likeness (QED) is 0.698. The Bertz CT molecular complexity index is 869. The van der Waals surface area contributed by atoms with Crippen molar-refractivity contribution in [3.63, 3.8) is 0 Å². The van der Waals surface area contributed by atoms with Gasteiger partial charge in [-0.05, 0) is 85.2 Å². The Hall–Kier alpha value is -1.84. The molecule has 5 rings (SSSR count). The molecule has 168 valence electrons. The van der Waals surface area contributed by atoms with E-state index in [0.717, 1.165) is 31.4 Å². The van der Waals surface area contributed by atoms with Crippen molar-refractivity contribution in [2.24, 2.45) is 40.4 Å². The molecule has 1 aromatic rings. The summed E-state index contributed by atoms with van der Waals surface area (Å²) in [6.07, 6.45) is 7.37. The molecule has 1 heterocycles. The predicted octanol–water partition coefficient (Wildman–Crippen LogP) is 5.35. The SMILES string of the molecule is C[C@H]1C[C@H]2N(C)C(=O)CC[C@]2(C)[C@H]2CC[C@]3(C)[C@@H](C(=O)Nc4ccccc4)CC[C@H]3[C@H]12. The molecule has 4 aliphatic rings. The monoisotopic (exact) mass is 422 g/mol. The summed E-state index contributed by atoms with van der Waals surface area (Å²) < 4.78 is 0. The highest BCUT2D eigenvalue weighted by Gasteiger charge is 2.63. The topological polar surface area (TPSA) is 49.4 Å². The lowest BCUT2D eigenvalue weighted by Crippen LogP contribution is -2.63. The predicted molar refractivity (Wildman–Crippen MR) is 123 cm³/mol. The van der Waals surface area contributed by atoms with Gasteiger partial charge in [0.25, 0.3) is 0 Å². The summed E-state index contributed by atoms with van der Waals surface area (Å²) in [6, 6.07) is 10.3. The standard InChI is InChI=1S/C27H38N2O2/c1-17-16-22-27(3,15-13-23(30)29(22)4)20-12-14-26(2)19(24(17)20)10-11-21(26)25(31)28-18-8-6-5-7-9-18/h5-9,17,19-22,24H,10-16H2,1-4H3,(H,28,31)/t17-,19-,20-,21+,22+,24-,26-,27+/m0/s1. The van der Waals surface area contributed by atoms with E-state index in [4.69, 9.17) is 0 Å². The van der Waals surface area contributed by atoms with Crippen LogP contribution in [0.4, 0.5) is 5.69 Å². The molecule has 0 radical (unpaired) electrons. The minimum absolute atomic E-state index is 0.0911. The van der Waals surface area contributed by atoms with E-state index in [9.17, 15) is 9.59 Å². The fourth-order valence-corrected chi connectivity index (χ4v) is 8.64. The van der Waals surface area contributed by atoms with Crippen LogP contribution in [0, 0.1) is 40.4 Å². The molecule has 0 aromatic heterocycles. The van der Waals surface area contributed by atoms with E-state index in [1.165, 1.54) is 12.8 Å². The molecule has 4 fully saturated rings. The zero-order valence-corrected chi connectivity index (χ0v) is 19.6. The van der Waals surface area contributed by atoms with Crippen LogP contribution >= 0.6 is 0 Å². The molecule has 31 heavy (non-hydrogen) atoms. The van der Waals surface area contributed by atoms with Gasteiger partial charge in [0.1, 0.15) is 0 Å². The van der Waals surface area contributed by atoms with E-state index in [1.54, 1.807) is 0 Å². The Balaban J connectivity index is 1.40. The highest BCUT2D eigenvalue weighted by molar-refractivity contribution is 5.93. The van der Waals surface area contributed by atoms with E-state index >= 15 is 0 Å². The maximum absolute atomic E-state index is 13.3. The molecule has 8 atom stereocenters. The van der Waals surface area contributed by atoms with Gasteiger partial charge in [0, 0.05) is 31.1 Å². The molecule has 1 aromatic carbocycles. The number of anilines is 1. The summed E-state index contributed by atoms with van der Waals surface area (Å²) in [5.41, 5.74) is 1.23. The van der Waals surface area contributed by atoms with E-state index < -0.39 is 0 Å². The van der Waals surface area contributed by atoms with Crippen LogP contribution in [0.1, 0.15) is 65.7 Å². The number of likely N-dealkylation sites (tertiary alicyclic amines) is 1. The van der Waals surface area contributed by atoms with E-state index in [1.807, 2.05) is 37.4 Å². The van der Waals surface area contributed by atoms with Gasteiger partial charge in [0.05, 0.1) is 0 Å². The van der Waals surface area contributed by atoms with Crippen LogP contribution in [0.25, 0.3) is 0 Å². The molecule has 2 amide bonds. The Morgan fingerprint density at radius 3 is 2.48 bits per heavy atom. The number of hydrogen-bond acceptors (Lipinski definition) is 2. The van der Waals surface area contributed by atoms with E-state index in [0.29, 0.717) is 42.0 Å². The van der Waals surface area contributed by atoms with Gasteiger partial charge in [0.2, 0.25) is 11.8 Å². The molecule has 3 aliphatic carbocycles. The van der Waals surface area contributed by atoms with Crippen molar-refractivity contribution in [2.45, 2.75) is 71.8 Å². The Kier molecular flexibility index (Phi) is 4.99. The van der Waals surface area contributed by atoms with Gasteiger partial charge in [0.15, 0.2) is 0 Å². The number of nitrogens with zero attached hydrogens (tertiary/aromatic N) is 1. The maximum atomic E-state index is 13.3. The average molecular weight is 423 g/mol. The van der Waals surface area contributed by atoms with Crippen LogP contribution in [-0.4, -0.2) is 29.8 Å². The molecule has 4 nitrogen and oxygen atoms in total. The molecular formula is C27H38N2O2. The summed E-state index contributed by atoms with van der Waals surface area (Å²) >= 11 is 0. The summed E-state index contributed by atoms with van der Waals surface area (Å²) in [6.45, 7) is 7.31. The first-order valence-corrected chi connectivity index (χ1v) is 12.4. The van der Waals surface area contributed by atoms with Gasteiger partial charge >= 0.3 is 0 Å². The van der Waals surface area contributed by atoms with Crippen molar-refractivity contribution in [1.82, 2.24) is 4.90 Å². The Morgan fingerprint density at radius 1 is 1.03 bits per heavy atom. The van der Waals surface area contributed by atoms with Crippen molar-refractivity contribution in [3.05, 3.63) is 30.3 Å². The summed E-state index contributed by atoms with van der Waals surface area (Å²) in [5.74, 6) is 3.22. The van der Waals surface area contributed by atoms with Gasteiger partial charge < -0.3 is 10.2 Å². The third-order valence-electron chi connectivity index (χ3n) is 10.3. The van der Waals surface area contributed by atoms with E-state index in [2.05, 4.69) is 31.0 Å². The lowest BCUT2D eigenvalue weighted by atomic mass is 9.44. The minimum Gasteiger partial charge on any atom is -0.342 e. The zero-order valence-electron chi connectivity index (χ0n) is 19.6. The Morgan fingerprint density at radius 2 is 1.74 bits per heavy atom. The van der Waals surface area contributed by atoms with Gasteiger partial charge in [-0.25, -0.2) is 0 Å². The number of amides is 2. The fourth-order valence-electron chi connectivity index (χ4n) is 8.64. The number of carbonyl (C=O) groups excluding carboxylic acids is 2. The molecular weight excluding hydrogens is 384 g/mol. The number of rotatable bonds is 2. The van der Waals surface area contributed by atoms with Crippen LogP contribution in [0.15, 0.2) is 30.3 Å². The number of hydrogen-bond donors (Lipinski definition) is 1. The normalized spacial score (nSPS) is 44.3. The second kappa shape index (κ2) is 7.35. The zero-order chi connectivity index (χ0) is 22.0. The molecule has 1 aliphatic heterocycles. The van der Waals surface area contributed by atoms with Crippen LogP contribution in [0.2, 0.25) is 0 Å². The first kappa shape index (κ1) is 21.0. The number of benzene rings is 1. The second-order valence-corrected chi connectivity index (χ2v) is 11.6.